The van der Waals surface area contributed by atoms with Crippen LogP contribution in [0.1, 0.15) is 72.0 Å². The van der Waals surface area contributed by atoms with Crippen molar-refractivity contribution in [2.45, 2.75) is 51.0 Å². The normalized spacial score (nSPS) is 13.4. The first kappa shape index (κ1) is 22.5. The predicted octanol–water partition coefficient (Wildman–Crippen LogP) is 3.87. The Balaban J connectivity index is 1.59. The third-order valence-corrected chi connectivity index (χ3v) is 5.30. The van der Waals surface area contributed by atoms with Crippen molar-refractivity contribution in [3.05, 3.63) is 66.3 Å². The van der Waals surface area contributed by atoms with Crippen molar-refractivity contribution in [3.8, 4) is 0 Å². The molecule has 170 valence electrons. The van der Waals surface area contributed by atoms with Crippen LogP contribution < -0.4 is 10.6 Å². The van der Waals surface area contributed by atoms with Crippen molar-refractivity contribution in [2.75, 3.05) is 10.6 Å². The van der Waals surface area contributed by atoms with Gasteiger partial charge in [-0.25, -0.2) is 15.0 Å². The minimum atomic E-state index is -0.957. The van der Waals surface area contributed by atoms with Crippen molar-refractivity contribution in [2.24, 2.45) is 0 Å². The number of anilines is 3. The van der Waals surface area contributed by atoms with Gasteiger partial charge in [-0.15, -0.1) is 0 Å². The number of nitrogens with one attached hydrogen (secondary N) is 2. The van der Waals surface area contributed by atoms with Crippen molar-refractivity contribution in [3.63, 3.8) is 0 Å². The van der Waals surface area contributed by atoms with Crippen LogP contribution in [0, 0.1) is 0 Å². The lowest BCUT2D eigenvalue weighted by Crippen LogP contribution is -2.21. The van der Waals surface area contributed by atoms with E-state index in [0.29, 0.717) is 35.0 Å². The molecule has 0 atom stereocenters. The molecule has 0 saturated heterocycles. The SMILES string of the molecule is CC(C)(O)CCC(=O)c1ccncc1NC(=O)c1nc(C2CC2)ccc1Nc1cncnc1. The molecule has 1 fully saturated rings. The maximum atomic E-state index is 13.3. The van der Waals surface area contributed by atoms with E-state index in [2.05, 4.69) is 30.6 Å². The Morgan fingerprint density at radius 1 is 1.06 bits per heavy atom. The summed E-state index contributed by atoms with van der Waals surface area (Å²) in [5.41, 5.74) is 1.88. The monoisotopic (exact) mass is 446 g/mol. The smallest absolute Gasteiger partial charge is 0.276 e. The highest BCUT2D eigenvalue weighted by Gasteiger charge is 2.27. The summed E-state index contributed by atoms with van der Waals surface area (Å²) in [4.78, 5) is 42.7. The van der Waals surface area contributed by atoms with Gasteiger partial charge in [0.25, 0.3) is 5.91 Å². The second-order valence-electron chi connectivity index (χ2n) is 8.77. The highest BCUT2D eigenvalue weighted by molar-refractivity contribution is 6.10. The standard InChI is InChI=1S/C24H26N6O3/c1-24(2,33)9-7-21(31)17-8-10-25-13-20(17)30-23(32)22-19(28-16-11-26-14-27-12-16)6-5-18(29-22)15-3-4-15/h5-6,8,10-15,28,33H,3-4,7,9H2,1-2H3,(H,30,32). The molecule has 0 spiro atoms. The molecule has 0 bridgehead atoms. The summed E-state index contributed by atoms with van der Waals surface area (Å²) in [7, 11) is 0. The lowest BCUT2D eigenvalue weighted by Gasteiger charge is -2.17. The van der Waals surface area contributed by atoms with Gasteiger partial charge >= 0.3 is 0 Å². The minimum absolute atomic E-state index is 0.145. The van der Waals surface area contributed by atoms with Crippen LogP contribution in [0.4, 0.5) is 17.1 Å². The Bertz CT molecular complexity index is 1160. The molecule has 9 nitrogen and oxygen atoms in total. The van der Waals surface area contributed by atoms with Crippen molar-refractivity contribution < 1.29 is 14.7 Å². The molecule has 0 unspecified atom stereocenters. The van der Waals surface area contributed by atoms with Crippen LogP contribution in [0.5, 0.6) is 0 Å². The number of carbonyl (C=O) groups is 2. The zero-order valence-electron chi connectivity index (χ0n) is 18.6. The Hall–Kier alpha value is -3.72. The molecule has 1 aliphatic rings. The summed E-state index contributed by atoms with van der Waals surface area (Å²) >= 11 is 0. The number of ketones is 1. The molecule has 0 aromatic carbocycles. The molecule has 33 heavy (non-hydrogen) atoms. The van der Waals surface area contributed by atoms with E-state index >= 15 is 0 Å². The van der Waals surface area contributed by atoms with Gasteiger partial charge in [-0.05, 0) is 51.3 Å². The van der Waals surface area contributed by atoms with Crippen molar-refractivity contribution in [1.82, 2.24) is 19.9 Å². The van der Waals surface area contributed by atoms with Crippen LogP contribution in [-0.4, -0.2) is 42.3 Å². The Morgan fingerprint density at radius 2 is 1.82 bits per heavy atom. The second kappa shape index (κ2) is 9.41. The maximum absolute atomic E-state index is 13.3. The zero-order chi connectivity index (χ0) is 23.4. The van der Waals surface area contributed by atoms with Crippen LogP contribution in [0.3, 0.4) is 0 Å². The summed E-state index contributed by atoms with van der Waals surface area (Å²) in [5, 5.41) is 15.9. The molecule has 1 aliphatic carbocycles. The van der Waals surface area contributed by atoms with E-state index in [9.17, 15) is 14.7 Å². The topological polar surface area (TPSA) is 130 Å². The average molecular weight is 447 g/mol. The van der Waals surface area contributed by atoms with E-state index in [1.54, 1.807) is 32.3 Å². The quantitative estimate of drug-likeness (QED) is 0.422. The third kappa shape index (κ3) is 5.95. The van der Waals surface area contributed by atoms with Crippen molar-refractivity contribution in [1.29, 1.82) is 0 Å². The molecule has 3 aromatic rings. The van der Waals surface area contributed by atoms with E-state index in [4.69, 9.17) is 0 Å². The lowest BCUT2D eigenvalue weighted by molar-refractivity contribution is 0.0633. The van der Waals surface area contributed by atoms with Gasteiger partial charge in [0, 0.05) is 29.8 Å². The molecule has 3 heterocycles. The number of hydrogen-bond acceptors (Lipinski definition) is 8. The fourth-order valence-electron chi connectivity index (χ4n) is 3.35. The number of aromatic nitrogens is 4. The number of pyridine rings is 2. The van der Waals surface area contributed by atoms with Crippen LogP contribution in [-0.2, 0) is 0 Å². The fourth-order valence-corrected chi connectivity index (χ4v) is 3.35. The van der Waals surface area contributed by atoms with E-state index < -0.39 is 11.5 Å². The second-order valence-corrected chi connectivity index (χ2v) is 8.77. The molecule has 4 rings (SSSR count). The molecule has 1 amide bonds. The maximum Gasteiger partial charge on any atom is 0.276 e. The van der Waals surface area contributed by atoms with Gasteiger partial charge in [0.15, 0.2) is 11.5 Å². The third-order valence-electron chi connectivity index (χ3n) is 5.30. The van der Waals surface area contributed by atoms with Gasteiger partial charge in [-0.2, -0.15) is 0 Å². The summed E-state index contributed by atoms with van der Waals surface area (Å²) in [6, 6.07) is 5.30. The van der Waals surface area contributed by atoms with Gasteiger partial charge < -0.3 is 15.7 Å². The first-order valence-electron chi connectivity index (χ1n) is 10.8. The summed E-state index contributed by atoms with van der Waals surface area (Å²) < 4.78 is 0. The van der Waals surface area contributed by atoms with Gasteiger partial charge in [-0.3, -0.25) is 14.6 Å². The number of amides is 1. The summed E-state index contributed by atoms with van der Waals surface area (Å²) in [6.07, 6.45) is 10.1. The summed E-state index contributed by atoms with van der Waals surface area (Å²) in [5.74, 6) is -0.279. The molecule has 9 heteroatoms. The number of aliphatic hydroxyl groups is 1. The van der Waals surface area contributed by atoms with Crippen LogP contribution in [0.25, 0.3) is 0 Å². The van der Waals surface area contributed by atoms with Crippen LogP contribution in [0.2, 0.25) is 0 Å². The lowest BCUT2D eigenvalue weighted by atomic mass is 9.98. The van der Waals surface area contributed by atoms with Crippen molar-refractivity contribution >= 4 is 28.8 Å². The number of Topliss-reactive ketones (excluding diaryl/α,β-unsaturated/α-hetero) is 1. The highest BCUT2D eigenvalue weighted by atomic mass is 16.3. The molecule has 0 radical (unpaired) electrons. The first-order chi connectivity index (χ1) is 15.8. The van der Waals surface area contributed by atoms with Gasteiger partial charge in [-0.1, -0.05) is 0 Å². The Labute approximate surface area is 191 Å². The Kier molecular flexibility index (Phi) is 6.41. The van der Waals surface area contributed by atoms with E-state index in [0.717, 1.165) is 18.5 Å². The number of nitrogens with zero attached hydrogens (tertiary/aromatic N) is 4. The van der Waals surface area contributed by atoms with Gasteiger partial charge in [0.05, 0.1) is 41.3 Å². The first-order valence-corrected chi connectivity index (χ1v) is 10.8. The Morgan fingerprint density at radius 3 is 2.52 bits per heavy atom. The molecule has 0 aliphatic heterocycles. The highest BCUT2D eigenvalue weighted by Crippen LogP contribution is 2.39. The van der Waals surface area contributed by atoms with E-state index in [1.807, 2.05) is 12.1 Å². The van der Waals surface area contributed by atoms with E-state index in [1.165, 1.54) is 18.7 Å². The number of rotatable bonds is 9. The minimum Gasteiger partial charge on any atom is -0.390 e. The number of hydrogen-bond donors (Lipinski definition) is 3. The molecule has 3 aromatic heterocycles. The predicted molar refractivity (Wildman–Crippen MR) is 124 cm³/mol. The van der Waals surface area contributed by atoms with Gasteiger partial charge in [0.1, 0.15) is 6.33 Å². The van der Waals surface area contributed by atoms with Crippen LogP contribution in [0.15, 0.2) is 49.3 Å². The summed E-state index contributed by atoms with van der Waals surface area (Å²) in [6.45, 7) is 3.31. The van der Waals surface area contributed by atoms with Gasteiger partial charge in [0.2, 0.25) is 0 Å². The van der Waals surface area contributed by atoms with E-state index in [-0.39, 0.29) is 17.9 Å². The number of carbonyl (C=O) groups excluding carboxylic acids is 2. The van der Waals surface area contributed by atoms with Crippen LogP contribution >= 0.6 is 0 Å². The molecular weight excluding hydrogens is 420 g/mol. The molecule has 3 N–H and O–H groups in total. The molecule has 1 saturated carbocycles. The fraction of sp³-hybridized carbons (Fsp3) is 0.333. The average Bonchev–Trinajstić information content (AvgIpc) is 3.64. The largest absolute Gasteiger partial charge is 0.390 e. The zero-order valence-corrected chi connectivity index (χ0v) is 18.6. The molecular formula is C24H26N6O3.